The van der Waals surface area contributed by atoms with E-state index in [4.69, 9.17) is 9.26 Å². The molecule has 3 aromatic rings. The van der Waals surface area contributed by atoms with Crippen LogP contribution in [0.15, 0.2) is 70.2 Å². The van der Waals surface area contributed by atoms with E-state index >= 15 is 0 Å². The number of anilines is 2. The maximum atomic E-state index is 12.5. The zero-order valence-electron chi connectivity index (χ0n) is 16.7. The number of carbonyl (C=O) groups excluding carboxylic acids is 1. The third-order valence-corrected chi connectivity index (χ3v) is 5.73. The lowest BCUT2D eigenvalue weighted by molar-refractivity contribution is 0.104. The molecule has 1 aromatic heterocycles. The molecular formula is C21H21N3O5S. The maximum Gasteiger partial charge on any atom is 0.264 e. The molecule has 1 heterocycles. The largest absolute Gasteiger partial charge is 0.497 e. The third-order valence-electron chi connectivity index (χ3n) is 4.39. The van der Waals surface area contributed by atoms with Crippen LogP contribution in [0, 0.1) is 13.8 Å². The number of aromatic nitrogens is 1. The Bertz CT molecular complexity index is 1180. The van der Waals surface area contributed by atoms with Crippen LogP contribution >= 0.6 is 0 Å². The SMILES string of the molecule is COc1cccc(C(=O)C=CNc2ccc(S(=O)(=O)Nc3onc(C)c3C)cc2)c1. The molecule has 0 aliphatic carbocycles. The van der Waals surface area contributed by atoms with Gasteiger partial charge in [0, 0.05) is 29.1 Å². The van der Waals surface area contributed by atoms with Crippen LogP contribution in [-0.2, 0) is 10.0 Å². The minimum Gasteiger partial charge on any atom is -0.497 e. The maximum absolute atomic E-state index is 12.5. The second-order valence-electron chi connectivity index (χ2n) is 6.43. The molecule has 9 heteroatoms. The monoisotopic (exact) mass is 427 g/mol. The highest BCUT2D eigenvalue weighted by Gasteiger charge is 2.19. The number of ether oxygens (including phenoxy) is 1. The summed E-state index contributed by atoms with van der Waals surface area (Å²) in [4.78, 5) is 12.3. The van der Waals surface area contributed by atoms with Crippen molar-refractivity contribution in [1.29, 1.82) is 0 Å². The molecule has 0 unspecified atom stereocenters. The van der Waals surface area contributed by atoms with Crippen LogP contribution in [0.5, 0.6) is 5.75 Å². The molecule has 8 nitrogen and oxygen atoms in total. The second kappa shape index (κ2) is 8.83. The van der Waals surface area contributed by atoms with E-state index in [9.17, 15) is 13.2 Å². The van der Waals surface area contributed by atoms with Gasteiger partial charge in [-0.3, -0.25) is 4.79 Å². The average molecular weight is 427 g/mol. The van der Waals surface area contributed by atoms with Crippen molar-refractivity contribution in [2.45, 2.75) is 18.7 Å². The Labute approximate surface area is 174 Å². The molecule has 3 rings (SSSR count). The number of hydrogen-bond acceptors (Lipinski definition) is 7. The number of rotatable bonds is 8. The van der Waals surface area contributed by atoms with Gasteiger partial charge in [0.15, 0.2) is 5.78 Å². The fourth-order valence-corrected chi connectivity index (χ4v) is 3.55. The predicted octanol–water partition coefficient (Wildman–Crippen LogP) is 3.91. The molecule has 0 fully saturated rings. The number of aryl methyl sites for hydroxylation is 1. The summed E-state index contributed by atoms with van der Waals surface area (Å²) in [6.45, 7) is 3.44. The highest BCUT2D eigenvalue weighted by atomic mass is 32.2. The van der Waals surface area contributed by atoms with Gasteiger partial charge < -0.3 is 14.6 Å². The smallest absolute Gasteiger partial charge is 0.264 e. The molecule has 0 radical (unpaired) electrons. The molecular weight excluding hydrogens is 406 g/mol. The van der Waals surface area contributed by atoms with Gasteiger partial charge in [-0.25, -0.2) is 13.1 Å². The number of hydrogen-bond donors (Lipinski definition) is 2. The van der Waals surface area contributed by atoms with Crippen LogP contribution in [0.1, 0.15) is 21.6 Å². The first-order valence-electron chi connectivity index (χ1n) is 8.97. The summed E-state index contributed by atoms with van der Waals surface area (Å²) in [6.07, 6.45) is 2.88. The van der Waals surface area contributed by atoms with Gasteiger partial charge in [0.25, 0.3) is 10.0 Å². The number of carbonyl (C=O) groups is 1. The lowest BCUT2D eigenvalue weighted by Gasteiger charge is -2.07. The number of ketones is 1. The number of benzene rings is 2. The Hall–Kier alpha value is -3.59. The quantitative estimate of drug-likeness (QED) is 0.414. The molecule has 0 spiro atoms. The van der Waals surface area contributed by atoms with Crippen molar-refractivity contribution in [2.24, 2.45) is 0 Å². The van der Waals surface area contributed by atoms with Gasteiger partial charge >= 0.3 is 0 Å². The second-order valence-corrected chi connectivity index (χ2v) is 8.11. The van der Waals surface area contributed by atoms with E-state index in [2.05, 4.69) is 15.2 Å². The fourth-order valence-electron chi connectivity index (χ4n) is 2.51. The highest BCUT2D eigenvalue weighted by molar-refractivity contribution is 7.92. The van der Waals surface area contributed by atoms with Crippen molar-refractivity contribution in [2.75, 3.05) is 17.1 Å². The highest BCUT2D eigenvalue weighted by Crippen LogP contribution is 2.22. The lowest BCUT2D eigenvalue weighted by Crippen LogP contribution is -2.13. The Morgan fingerprint density at radius 2 is 1.87 bits per heavy atom. The molecule has 2 aromatic carbocycles. The Kier molecular flexibility index (Phi) is 6.22. The van der Waals surface area contributed by atoms with Crippen molar-refractivity contribution in [3.05, 3.63) is 77.6 Å². The third kappa shape index (κ3) is 4.87. The zero-order chi connectivity index (χ0) is 21.7. The number of allylic oxidation sites excluding steroid dienone is 1. The number of nitrogens with zero attached hydrogens (tertiary/aromatic N) is 1. The molecule has 0 aliphatic heterocycles. The molecule has 30 heavy (non-hydrogen) atoms. The minimum atomic E-state index is -3.81. The van der Waals surface area contributed by atoms with Gasteiger partial charge in [0.1, 0.15) is 5.75 Å². The summed E-state index contributed by atoms with van der Waals surface area (Å²) in [7, 11) is -2.28. The van der Waals surface area contributed by atoms with E-state index in [1.807, 2.05) is 0 Å². The number of sulfonamides is 1. The summed E-state index contributed by atoms with van der Waals surface area (Å²) in [5, 5.41) is 6.67. The van der Waals surface area contributed by atoms with Crippen LogP contribution in [-0.4, -0.2) is 26.5 Å². The van der Waals surface area contributed by atoms with Crippen molar-refractivity contribution < 1.29 is 22.5 Å². The van der Waals surface area contributed by atoms with Crippen LogP contribution < -0.4 is 14.8 Å². The lowest BCUT2D eigenvalue weighted by atomic mass is 10.1. The molecule has 2 N–H and O–H groups in total. The normalized spacial score (nSPS) is 11.4. The standard InChI is InChI=1S/C21H21N3O5S/c1-14-15(2)23-29-21(14)24-30(26,27)19-9-7-17(8-10-19)22-12-11-20(25)16-5-4-6-18(13-16)28-3/h4-13,22,24H,1-3H3. The molecule has 156 valence electrons. The van der Waals surface area contributed by atoms with Crippen molar-refractivity contribution in [1.82, 2.24) is 5.16 Å². The van der Waals surface area contributed by atoms with E-state index < -0.39 is 10.0 Å². The Morgan fingerprint density at radius 3 is 2.50 bits per heavy atom. The average Bonchev–Trinajstić information content (AvgIpc) is 3.05. The van der Waals surface area contributed by atoms with Gasteiger partial charge in [0.05, 0.1) is 17.7 Å². The van der Waals surface area contributed by atoms with E-state index in [-0.39, 0.29) is 16.6 Å². The van der Waals surface area contributed by atoms with Gasteiger partial charge in [-0.1, -0.05) is 17.3 Å². The first kappa shape index (κ1) is 21.1. The van der Waals surface area contributed by atoms with Crippen molar-refractivity contribution in [3.63, 3.8) is 0 Å². The Balaban J connectivity index is 1.64. The van der Waals surface area contributed by atoms with E-state index in [1.165, 1.54) is 31.5 Å². The first-order chi connectivity index (χ1) is 14.3. The molecule has 0 atom stereocenters. The van der Waals surface area contributed by atoms with Crippen LogP contribution in [0.4, 0.5) is 11.6 Å². The molecule has 0 saturated heterocycles. The molecule has 0 saturated carbocycles. The summed E-state index contributed by atoms with van der Waals surface area (Å²) >= 11 is 0. The number of nitrogens with one attached hydrogen (secondary N) is 2. The van der Waals surface area contributed by atoms with E-state index in [1.54, 1.807) is 50.2 Å². The van der Waals surface area contributed by atoms with Crippen LogP contribution in [0.2, 0.25) is 0 Å². The number of methoxy groups -OCH3 is 1. The van der Waals surface area contributed by atoms with E-state index in [0.717, 1.165) is 0 Å². The summed E-state index contributed by atoms with van der Waals surface area (Å²) in [5.41, 5.74) is 2.36. The summed E-state index contributed by atoms with van der Waals surface area (Å²) in [6, 6.07) is 12.9. The molecule has 0 amide bonds. The first-order valence-corrected chi connectivity index (χ1v) is 10.5. The predicted molar refractivity (Wildman–Crippen MR) is 113 cm³/mol. The van der Waals surface area contributed by atoms with E-state index in [0.29, 0.717) is 28.3 Å². The molecule has 0 bridgehead atoms. The summed E-state index contributed by atoms with van der Waals surface area (Å²) in [5.74, 6) is 0.500. The topological polar surface area (TPSA) is 111 Å². The Morgan fingerprint density at radius 1 is 1.13 bits per heavy atom. The van der Waals surface area contributed by atoms with Crippen LogP contribution in [0.3, 0.4) is 0 Å². The van der Waals surface area contributed by atoms with Crippen LogP contribution in [0.25, 0.3) is 0 Å². The van der Waals surface area contributed by atoms with Gasteiger partial charge in [-0.15, -0.1) is 0 Å². The minimum absolute atomic E-state index is 0.0675. The molecule has 0 aliphatic rings. The van der Waals surface area contributed by atoms with Gasteiger partial charge in [-0.05, 0) is 50.2 Å². The van der Waals surface area contributed by atoms with Gasteiger partial charge in [0.2, 0.25) is 5.88 Å². The zero-order valence-corrected chi connectivity index (χ0v) is 17.5. The fraction of sp³-hybridized carbons (Fsp3) is 0.143. The van der Waals surface area contributed by atoms with Crippen molar-refractivity contribution in [3.8, 4) is 5.75 Å². The summed E-state index contributed by atoms with van der Waals surface area (Å²) < 4.78 is 37.5. The van der Waals surface area contributed by atoms with Gasteiger partial charge in [-0.2, -0.15) is 0 Å². The van der Waals surface area contributed by atoms with Crippen molar-refractivity contribution >= 4 is 27.4 Å².